The van der Waals surface area contributed by atoms with Crippen molar-refractivity contribution >= 4 is 46.0 Å². The number of nitrogens with one attached hydrogen (secondary N) is 1. The van der Waals surface area contributed by atoms with Gasteiger partial charge in [0.1, 0.15) is 17.7 Å². The maximum Gasteiger partial charge on any atom is 0.327 e. The van der Waals surface area contributed by atoms with Crippen LogP contribution in [0, 0.1) is 5.92 Å². The third kappa shape index (κ3) is 3.02. The number of anilines is 1. The Hall–Kier alpha value is -2.74. The van der Waals surface area contributed by atoms with Crippen LogP contribution in [0.5, 0.6) is 5.75 Å². The highest BCUT2D eigenvalue weighted by atomic mass is 32.2. The van der Waals surface area contributed by atoms with Crippen molar-refractivity contribution in [1.82, 2.24) is 4.90 Å². The van der Waals surface area contributed by atoms with E-state index in [0.717, 1.165) is 10.8 Å². The molecule has 0 aromatic heterocycles. The van der Waals surface area contributed by atoms with Gasteiger partial charge in [-0.3, -0.25) is 9.59 Å². The third-order valence-electron chi connectivity index (χ3n) is 5.40. The molecule has 3 unspecified atom stereocenters. The van der Waals surface area contributed by atoms with Crippen LogP contribution in [0.25, 0.3) is 10.8 Å². The Kier molecular flexibility index (Phi) is 4.69. The van der Waals surface area contributed by atoms with Crippen LogP contribution in [0.1, 0.15) is 20.8 Å². The van der Waals surface area contributed by atoms with Gasteiger partial charge in [0.05, 0.1) is 17.7 Å². The highest BCUT2D eigenvalue weighted by molar-refractivity contribution is 8.01. The van der Waals surface area contributed by atoms with E-state index in [0.29, 0.717) is 18.0 Å². The lowest BCUT2D eigenvalue weighted by Crippen LogP contribution is -2.65. The molecule has 2 N–H and O–H groups in total. The van der Waals surface area contributed by atoms with Crippen LogP contribution in [0.4, 0.5) is 5.69 Å². The monoisotopic (exact) mass is 414 g/mol. The summed E-state index contributed by atoms with van der Waals surface area (Å²) >= 11 is 1.36. The van der Waals surface area contributed by atoms with Gasteiger partial charge in [-0.2, -0.15) is 0 Å². The number of carboxylic acids is 1. The number of benzene rings is 2. The van der Waals surface area contributed by atoms with Gasteiger partial charge in [0.25, 0.3) is 0 Å². The van der Waals surface area contributed by atoms with Crippen molar-refractivity contribution in [3.05, 3.63) is 36.4 Å². The number of fused-ring (bicyclic) bond motifs is 2. The minimum absolute atomic E-state index is 0.435. The van der Waals surface area contributed by atoms with Crippen molar-refractivity contribution < 1.29 is 24.2 Å². The first-order chi connectivity index (χ1) is 13.8. The average molecular weight is 414 g/mol. The Morgan fingerprint density at radius 1 is 1.24 bits per heavy atom. The second-order valence-electron chi connectivity index (χ2n) is 7.66. The Morgan fingerprint density at radius 2 is 1.97 bits per heavy atom. The van der Waals surface area contributed by atoms with Gasteiger partial charge in [0.2, 0.25) is 11.8 Å². The van der Waals surface area contributed by atoms with Gasteiger partial charge in [-0.25, -0.2) is 4.79 Å². The van der Waals surface area contributed by atoms with Crippen molar-refractivity contribution in [2.75, 3.05) is 11.9 Å². The molecule has 7 nitrogen and oxygen atoms in total. The van der Waals surface area contributed by atoms with E-state index in [4.69, 9.17) is 4.74 Å². The van der Waals surface area contributed by atoms with Gasteiger partial charge in [-0.1, -0.05) is 30.3 Å². The number of carbonyl (C=O) groups excluding carboxylic acids is 2. The Labute approximate surface area is 172 Å². The quantitative estimate of drug-likeness (QED) is 0.577. The van der Waals surface area contributed by atoms with E-state index in [1.54, 1.807) is 19.9 Å². The predicted molar refractivity (Wildman–Crippen MR) is 111 cm³/mol. The number of amides is 2. The van der Waals surface area contributed by atoms with Crippen molar-refractivity contribution in [2.24, 2.45) is 5.92 Å². The number of aliphatic carboxylic acids is 1. The second-order valence-corrected chi connectivity index (χ2v) is 9.43. The molecule has 2 heterocycles. The summed E-state index contributed by atoms with van der Waals surface area (Å²) < 4.78 is 5.01. The van der Waals surface area contributed by atoms with Gasteiger partial charge in [0.15, 0.2) is 0 Å². The predicted octanol–water partition coefficient (Wildman–Crippen LogP) is 2.94. The normalized spacial score (nSPS) is 24.7. The lowest BCUT2D eigenvalue weighted by Gasteiger charge is -2.42. The molecule has 3 atom stereocenters. The molecular weight excluding hydrogens is 392 g/mol. The molecule has 0 bridgehead atoms. The number of rotatable bonds is 5. The standard InChI is InChI=1S/C21H22N2O5S/c1-4-28-13-10-9-11-7-5-6-8-12(11)15(13)22-17(24)14-18(25)23-16(20(26)27)21(2,3)29-19(14)23/h5-10,14,16,19H,4H2,1-3H3,(H,22,24)(H,26,27). The highest BCUT2D eigenvalue weighted by Gasteiger charge is 2.65. The molecule has 0 saturated carbocycles. The summed E-state index contributed by atoms with van der Waals surface area (Å²) in [5, 5.41) is 13.7. The fraction of sp³-hybridized carbons (Fsp3) is 0.381. The molecule has 2 aromatic carbocycles. The molecule has 4 rings (SSSR count). The summed E-state index contributed by atoms with van der Waals surface area (Å²) in [6.45, 7) is 5.87. The molecule has 0 spiro atoms. The smallest absolute Gasteiger partial charge is 0.327 e. The first-order valence-corrected chi connectivity index (χ1v) is 10.3. The van der Waals surface area contributed by atoms with E-state index < -0.39 is 39.9 Å². The van der Waals surface area contributed by atoms with Crippen molar-refractivity contribution in [1.29, 1.82) is 0 Å². The van der Waals surface area contributed by atoms with E-state index >= 15 is 0 Å². The number of carboxylic acid groups (broad SMARTS) is 1. The molecule has 2 amide bonds. The lowest BCUT2D eigenvalue weighted by molar-refractivity contribution is -0.165. The molecule has 2 fully saturated rings. The van der Waals surface area contributed by atoms with Gasteiger partial charge in [0, 0.05) is 10.1 Å². The average Bonchev–Trinajstić information content (AvgIpc) is 2.91. The summed E-state index contributed by atoms with van der Waals surface area (Å²) in [6.07, 6.45) is 0. The zero-order valence-electron chi connectivity index (χ0n) is 16.3. The van der Waals surface area contributed by atoms with E-state index in [-0.39, 0.29) is 0 Å². The second kappa shape index (κ2) is 6.95. The van der Waals surface area contributed by atoms with Gasteiger partial charge >= 0.3 is 5.97 Å². The molecule has 152 valence electrons. The molecule has 2 aliphatic heterocycles. The summed E-state index contributed by atoms with van der Waals surface area (Å²) in [4.78, 5) is 38.8. The Morgan fingerprint density at radius 3 is 2.66 bits per heavy atom. The zero-order valence-corrected chi connectivity index (χ0v) is 17.2. The SMILES string of the molecule is CCOc1ccc2ccccc2c1NC(=O)C1C(=O)N2C1SC(C)(C)C2C(=O)O. The minimum atomic E-state index is -1.05. The fourth-order valence-electron chi connectivity index (χ4n) is 4.11. The largest absolute Gasteiger partial charge is 0.492 e. The number of β-lactam (4-membered cyclic amide) rings is 1. The van der Waals surface area contributed by atoms with Crippen LogP contribution in [-0.2, 0) is 14.4 Å². The number of hydrogen-bond acceptors (Lipinski definition) is 5. The van der Waals surface area contributed by atoms with E-state index in [9.17, 15) is 19.5 Å². The number of hydrogen-bond donors (Lipinski definition) is 2. The van der Waals surface area contributed by atoms with Crippen molar-refractivity contribution in [3.8, 4) is 5.75 Å². The lowest BCUT2D eigenvalue weighted by atomic mass is 9.91. The molecule has 8 heteroatoms. The van der Waals surface area contributed by atoms with Crippen molar-refractivity contribution in [2.45, 2.75) is 36.9 Å². The molecule has 2 aromatic rings. The molecule has 2 aliphatic rings. The zero-order chi connectivity index (χ0) is 20.9. The summed E-state index contributed by atoms with van der Waals surface area (Å²) in [5.41, 5.74) is 0.526. The number of ether oxygens (including phenoxy) is 1. The number of thioether (sulfide) groups is 1. The maximum absolute atomic E-state index is 13.1. The first-order valence-electron chi connectivity index (χ1n) is 9.44. The summed E-state index contributed by atoms with van der Waals surface area (Å²) in [7, 11) is 0. The van der Waals surface area contributed by atoms with Gasteiger partial charge in [-0.05, 0) is 32.2 Å². The van der Waals surface area contributed by atoms with Crippen LogP contribution in [0.3, 0.4) is 0 Å². The first kappa shape index (κ1) is 19.6. The van der Waals surface area contributed by atoms with Crippen LogP contribution in [0.15, 0.2) is 36.4 Å². The summed E-state index contributed by atoms with van der Waals surface area (Å²) in [6, 6.07) is 10.4. The van der Waals surface area contributed by atoms with Crippen LogP contribution < -0.4 is 10.1 Å². The number of nitrogens with zero attached hydrogens (tertiary/aromatic N) is 1. The minimum Gasteiger partial charge on any atom is -0.492 e. The van der Waals surface area contributed by atoms with Gasteiger partial charge < -0.3 is 20.1 Å². The molecule has 29 heavy (non-hydrogen) atoms. The van der Waals surface area contributed by atoms with E-state index in [1.807, 2.05) is 37.3 Å². The Bertz CT molecular complexity index is 1020. The highest BCUT2D eigenvalue weighted by Crippen LogP contribution is 2.53. The van der Waals surface area contributed by atoms with Crippen LogP contribution >= 0.6 is 11.8 Å². The maximum atomic E-state index is 13.1. The third-order valence-corrected chi connectivity index (χ3v) is 6.97. The molecule has 0 radical (unpaired) electrons. The van der Waals surface area contributed by atoms with Crippen molar-refractivity contribution in [3.63, 3.8) is 0 Å². The molecule has 2 saturated heterocycles. The Balaban J connectivity index is 1.64. The van der Waals surface area contributed by atoms with E-state index in [2.05, 4.69) is 5.32 Å². The molecule has 0 aliphatic carbocycles. The summed E-state index contributed by atoms with van der Waals surface area (Å²) in [5.74, 6) is -2.33. The van der Waals surface area contributed by atoms with Crippen LogP contribution in [0.2, 0.25) is 0 Å². The molecular formula is C21H22N2O5S. The fourth-order valence-corrected chi connectivity index (χ4v) is 5.79. The topological polar surface area (TPSA) is 95.9 Å². The number of carbonyl (C=O) groups is 3. The van der Waals surface area contributed by atoms with Gasteiger partial charge in [-0.15, -0.1) is 11.8 Å². The van der Waals surface area contributed by atoms with E-state index in [1.165, 1.54) is 16.7 Å². The van der Waals surface area contributed by atoms with Crippen LogP contribution in [-0.4, -0.2) is 50.6 Å².